The summed E-state index contributed by atoms with van der Waals surface area (Å²) < 4.78 is 10.0. The standard InChI is InChI=1S/C8H10O3/c9-8-5-11-4-7(8)6-1-2-10-3-6/h1-3,7-9H,4-5H2. The summed E-state index contributed by atoms with van der Waals surface area (Å²) in [5, 5.41) is 9.39. The molecule has 3 nitrogen and oxygen atoms in total. The van der Waals surface area contributed by atoms with Crippen LogP contribution in [-0.4, -0.2) is 24.4 Å². The average Bonchev–Trinajstić information content (AvgIpc) is 2.55. The van der Waals surface area contributed by atoms with E-state index in [0.29, 0.717) is 13.2 Å². The molecule has 0 bridgehead atoms. The fourth-order valence-electron chi connectivity index (χ4n) is 1.35. The molecule has 11 heavy (non-hydrogen) atoms. The summed E-state index contributed by atoms with van der Waals surface area (Å²) in [6.07, 6.45) is 2.90. The van der Waals surface area contributed by atoms with Crippen molar-refractivity contribution in [3.8, 4) is 0 Å². The molecule has 1 saturated heterocycles. The second-order valence-electron chi connectivity index (χ2n) is 2.77. The second-order valence-corrected chi connectivity index (χ2v) is 2.77. The Morgan fingerprint density at radius 1 is 1.45 bits per heavy atom. The largest absolute Gasteiger partial charge is 0.472 e. The van der Waals surface area contributed by atoms with Crippen LogP contribution in [0.4, 0.5) is 0 Å². The molecule has 2 rings (SSSR count). The quantitative estimate of drug-likeness (QED) is 0.649. The lowest BCUT2D eigenvalue weighted by molar-refractivity contribution is 0.124. The van der Waals surface area contributed by atoms with E-state index in [-0.39, 0.29) is 12.0 Å². The maximum absolute atomic E-state index is 9.39. The highest BCUT2D eigenvalue weighted by atomic mass is 16.5. The Kier molecular flexibility index (Phi) is 1.68. The monoisotopic (exact) mass is 154 g/mol. The molecule has 0 spiro atoms. The van der Waals surface area contributed by atoms with Gasteiger partial charge < -0.3 is 14.3 Å². The van der Waals surface area contributed by atoms with Crippen LogP contribution in [0.1, 0.15) is 11.5 Å². The van der Waals surface area contributed by atoms with E-state index < -0.39 is 0 Å². The van der Waals surface area contributed by atoms with Crippen LogP contribution in [0.3, 0.4) is 0 Å². The first-order valence-corrected chi connectivity index (χ1v) is 3.66. The van der Waals surface area contributed by atoms with Crippen LogP contribution in [0.5, 0.6) is 0 Å². The number of furan rings is 1. The van der Waals surface area contributed by atoms with Gasteiger partial charge in [0, 0.05) is 5.92 Å². The Morgan fingerprint density at radius 3 is 2.91 bits per heavy atom. The third kappa shape index (κ3) is 1.17. The van der Waals surface area contributed by atoms with E-state index in [1.165, 1.54) is 0 Å². The van der Waals surface area contributed by atoms with E-state index in [0.717, 1.165) is 5.56 Å². The highest BCUT2D eigenvalue weighted by Gasteiger charge is 2.28. The normalized spacial score (nSPS) is 31.0. The van der Waals surface area contributed by atoms with Gasteiger partial charge in [-0.1, -0.05) is 0 Å². The minimum absolute atomic E-state index is 0.105. The van der Waals surface area contributed by atoms with Crippen LogP contribution in [0.25, 0.3) is 0 Å². The Morgan fingerprint density at radius 2 is 2.36 bits per heavy atom. The summed E-state index contributed by atoms with van der Waals surface area (Å²) in [7, 11) is 0. The zero-order chi connectivity index (χ0) is 7.68. The minimum Gasteiger partial charge on any atom is -0.472 e. The van der Waals surface area contributed by atoms with Gasteiger partial charge in [-0.2, -0.15) is 0 Å². The molecule has 1 aromatic heterocycles. The van der Waals surface area contributed by atoms with Crippen LogP contribution in [-0.2, 0) is 4.74 Å². The summed E-state index contributed by atoms with van der Waals surface area (Å²) in [5.74, 6) is 0.105. The van der Waals surface area contributed by atoms with Gasteiger partial charge in [-0.3, -0.25) is 0 Å². The third-order valence-corrected chi connectivity index (χ3v) is 2.02. The highest BCUT2D eigenvalue weighted by molar-refractivity contribution is 5.15. The number of rotatable bonds is 1. The molecule has 60 valence electrons. The van der Waals surface area contributed by atoms with Gasteiger partial charge >= 0.3 is 0 Å². The summed E-state index contributed by atoms with van der Waals surface area (Å²) in [4.78, 5) is 0. The number of ether oxygens (including phenoxy) is 1. The van der Waals surface area contributed by atoms with Gasteiger partial charge in [-0.25, -0.2) is 0 Å². The molecule has 0 aliphatic carbocycles. The molecule has 1 aliphatic heterocycles. The summed E-state index contributed by atoms with van der Waals surface area (Å²) in [6.45, 7) is 1.04. The summed E-state index contributed by atoms with van der Waals surface area (Å²) in [6, 6.07) is 1.86. The van der Waals surface area contributed by atoms with Crippen LogP contribution in [0.2, 0.25) is 0 Å². The van der Waals surface area contributed by atoms with Crippen molar-refractivity contribution in [1.29, 1.82) is 0 Å². The van der Waals surface area contributed by atoms with Gasteiger partial charge in [0.1, 0.15) is 0 Å². The Labute approximate surface area is 64.6 Å². The van der Waals surface area contributed by atoms with Gasteiger partial charge in [-0.15, -0.1) is 0 Å². The predicted octanol–water partition coefficient (Wildman–Crippen LogP) is 0.754. The molecule has 0 radical (unpaired) electrons. The predicted molar refractivity (Wildman–Crippen MR) is 38.3 cm³/mol. The van der Waals surface area contributed by atoms with E-state index in [1.54, 1.807) is 12.5 Å². The lowest BCUT2D eigenvalue weighted by atomic mass is 10.00. The first kappa shape index (κ1) is 6.88. The van der Waals surface area contributed by atoms with Gasteiger partial charge in [0.2, 0.25) is 0 Å². The second kappa shape index (κ2) is 2.68. The van der Waals surface area contributed by atoms with Crippen LogP contribution >= 0.6 is 0 Å². The Hall–Kier alpha value is -0.800. The van der Waals surface area contributed by atoms with E-state index >= 15 is 0 Å². The lowest BCUT2D eigenvalue weighted by Gasteiger charge is -2.08. The van der Waals surface area contributed by atoms with E-state index in [4.69, 9.17) is 9.15 Å². The molecule has 0 amide bonds. The average molecular weight is 154 g/mol. The number of hydrogen-bond acceptors (Lipinski definition) is 3. The van der Waals surface area contributed by atoms with Gasteiger partial charge in [-0.05, 0) is 11.6 Å². The summed E-state index contributed by atoms with van der Waals surface area (Å²) >= 11 is 0. The molecule has 0 saturated carbocycles. The molecular formula is C8H10O3. The first-order valence-electron chi connectivity index (χ1n) is 3.66. The lowest BCUT2D eigenvalue weighted by Crippen LogP contribution is -2.14. The number of hydrogen-bond donors (Lipinski definition) is 1. The molecule has 2 heterocycles. The molecule has 2 unspecified atom stereocenters. The maximum atomic E-state index is 9.39. The highest BCUT2D eigenvalue weighted by Crippen LogP contribution is 2.25. The molecule has 1 aromatic rings. The first-order chi connectivity index (χ1) is 5.38. The van der Waals surface area contributed by atoms with Crippen molar-refractivity contribution in [3.05, 3.63) is 24.2 Å². The number of aliphatic hydroxyl groups excluding tert-OH is 1. The van der Waals surface area contributed by atoms with Crippen LogP contribution < -0.4 is 0 Å². The fraction of sp³-hybridized carbons (Fsp3) is 0.500. The Balaban J connectivity index is 2.16. The van der Waals surface area contributed by atoms with Crippen molar-refractivity contribution < 1.29 is 14.3 Å². The van der Waals surface area contributed by atoms with Gasteiger partial charge in [0.05, 0.1) is 31.8 Å². The maximum Gasteiger partial charge on any atom is 0.0939 e. The molecule has 1 N–H and O–H groups in total. The molecule has 3 heteroatoms. The molecule has 2 atom stereocenters. The molecule has 1 aliphatic rings. The van der Waals surface area contributed by atoms with Crippen molar-refractivity contribution >= 4 is 0 Å². The zero-order valence-electron chi connectivity index (χ0n) is 6.06. The van der Waals surface area contributed by atoms with Crippen molar-refractivity contribution in [2.75, 3.05) is 13.2 Å². The molecular weight excluding hydrogens is 144 g/mol. The van der Waals surface area contributed by atoms with E-state index in [2.05, 4.69) is 0 Å². The van der Waals surface area contributed by atoms with Gasteiger partial charge in [0.15, 0.2) is 0 Å². The minimum atomic E-state index is -0.368. The van der Waals surface area contributed by atoms with Crippen LogP contribution in [0.15, 0.2) is 23.0 Å². The molecule has 0 aromatic carbocycles. The zero-order valence-corrected chi connectivity index (χ0v) is 6.06. The van der Waals surface area contributed by atoms with Crippen molar-refractivity contribution in [2.24, 2.45) is 0 Å². The van der Waals surface area contributed by atoms with Crippen LogP contribution in [0, 0.1) is 0 Å². The van der Waals surface area contributed by atoms with Crippen molar-refractivity contribution in [2.45, 2.75) is 12.0 Å². The number of aliphatic hydroxyl groups is 1. The third-order valence-electron chi connectivity index (χ3n) is 2.02. The SMILES string of the molecule is OC1COCC1c1ccoc1. The summed E-state index contributed by atoms with van der Waals surface area (Å²) in [5.41, 5.74) is 1.02. The van der Waals surface area contributed by atoms with E-state index in [1.807, 2.05) is 6.07 Å². The molecule has 1 fully saturated rings. The fourth-order valence-corrected chi connectivity index (χ4v) is 1.35. The van der Waals surface area contributed by atoms with Crippen molar-refractivity contribution in [1.82, 2.24) is 0 Å². The topological polar surface area (TPSA) is 42.6 Å². The van der Waals surface area contributed by atoms with Gasteiger partial charge in [0.25, 0.3) is 0 Å². The smallest absolute Gasteiger partial charge is 0.0939 e. The van der Waals surface area contributed by atoms with Crippen molar-refractivity contribution in [3.63, 3.8) is 0 Å². The Bertz CT molecular complexity index is 217. The van der Waals surface area contributed by atoms with E-state index in [9.17, 15) is 5.11 Å².